The zero-order valence-electron chi connectivity index (χ0n) is 11.8. The van der Waals surface area contributed by atoms with Crippen molar-refractivity contribution in [2.75, 3.05) is 25.9 Å². The van der Waals surface area contributed by atoms with Gasteiger partial charge in [-0.1, -0.05) is 19.1 Å². The van der Waals surface area contributed by atoms with Gasteiger partial charge >= 0.3 is 0 Å². The van der Waals surface area contributed by atoms with E-state index < -0.39 is 10.0 Å². The molecule has 1 rings (SSSR count). The van der Waals surface area contributed by atoms with Crippen molar-refractivity contribution < 1.29 is 18.6 Å². The monoisotopic (exact) mass is 302 g/mol. The lowest BCUT2D eigenvalue weighted by molar-refractivity contribution is 0.396. The van der Waals surface area contributed by atoms with E-state index in [2.05, 4.69) is 5.32 Å². The Morgan fingerprint density at radius 3 is 2.60 bits per heavy atom. The van der Waals surface area contributed by atoms with Crippen LogP contribution in [0, 0.1) is 0 Å². The molecule has 0 amide bonds. The third kappa shape index (κ3) is 4.99. The van der Waals surface area contributed by atoms with E-state index >= 15 is 0 Å². The Kier molecular flexibility index (Phi) is 6.25. The Hall–Kier alpha value is -1.31. The summed E-state index contributed by atoms with van der Waals surface area (Å²) in [6, 6.07) is 4.80. The van der Waals surface area contributed by atoms with Crippen LogP contribution in [0.2, 0.25) is 0 Å². The molecule has 0 saturated carbocycles. The van der Waals surface area contributed by atoms with Gasteiger partial charge in [0.1, 0.15) is 0 Å². The van der Waals surface area contributed by atoms with Crippen LogP contribution in [0.5, 0.6) is 11.5 Å². The minimum absolute atomic E-state index is 0.119. The number of phenolic OH excluding ortho intramolecular Hbond substituents is 2. The quantitative estimate of drug-likeness (QED) is 0.489. The van der Waals surface area contributed by atoms with Gasteiger partial charge in [-0.05, 0) is 19.0 Å². The maximum Gasteiger partial charge on any atom is 0.211 e. The molecule has 0 spiro atoms. The van der Waals surface area contributed by atoms with Gasteiger partial charge < -0.3 is 15.5 Å². The van der Waals surface area contributed by atoms with Crippen molar-refractivity contribution in [2.45, 2.75) is 19.9 Å². The molecule has 0 aliphatic rings. The fraction of sp³-hybridized carbons (Fsp3) is 0.538. The van der Waals surface area contributed by atoms with Gasteiger partial charge in [-0.15, -0.1) is 0 Å². The lowest BCUT2D eigenvalue weighted by Gasteiger charge is -2.17. The summed E-state index contributed by atoms with van der Waals surface area (Å²) in [5.74, 6) is -0.259. The molecule has 6 nitrogen and oxygen atoms in total. The molecule has 0 aliphatic heterocycles. The minimum atomic E-state index is -3.13. The predicted molar refractivity (Wildman–Crippen MR) is 78.2 cm³/mol. The molecule has 3 N–H and O–H groups in total. The van der Waals surface area contributed by atoms with E-state index in [0.717, 1.165) is 0 Å². The molecule has 0 atom stereocenters. The highest BCUT2D eigenvalue weighted by molar-refractivity contribution is 7.88. The molecule has 20 heavy (non-hydrogen) atoms. The number of hydrogen-bond acceptors (Lipinski definition) is 5. The highest BCUT2D eigenvalue weighted by atomic mass is 32.2. The van der Waals surface area contributed by atoms with Gasteiger partial charge in [0.2, 0.25) is 10.0 Å². The van der Waals surface area contributed by atoms with Crippen LogP contribution in [0.3, 0.4) is 0 Å². The molecule has 0 heterocycles. The highest BCUT2D eigenvalue weighted by Crippen LogP contribution is 2.27. The highest BCUT2D eigenvalue weighted by Gasteiger charge is 2.13. The number of hydrogen-bond donors (Lipinski definition) is 3. The Bertz CT molecular complexity index is 531. The van der Waals surface area contributed by atoms with E-state index in [0.29, 0.717) is 38.2 Å². The lowest BCUT2D eigenvalue weighted by atomic mass is 10.2. The summed E-state index contributed by atoms with van der Waals surface area (Å²) in [4.78, 5) is 0. The fourth-order valence-corrected chi connectivity index (χ4v) is 2.81. The lowest BCUT2D eigenvalue weighted by Crippen LogP contribution is -2.32. The summed E-state index contributed by atoms with van der Waals surface area (Å²) in [5, 5.41) is 22.1. The predicted octanol–water partition coefficient (Wildman–Crippen LogP) is 0.859. The molecule has 1 aromatic rings. The van der Waals surface area contributed by atoms with E-state index in [1.807, 2.05) is 0 Å². The van der Waals surface area contributed by atoms with Crippen molar-refractivity contribution in [3.63, 3.8) is 0 Å². The van der Waals surface area contributed by atoms with Crippen molar-refractivity contribution >= 4 is 10.0 Å². The number of sulfonamides is 1. The van der Waals surface area contributed by atoms with Gasteiger partial charge in [-0.2, -0.15) is 0 Å². The first-order valence-electron chi connectivity index (χ1n) is 6.52. The standard InChI is InChI=1S/C13H22N2O4S/c1-3-15(20(2,18)19)9-5-8-14-10-11-6-4-7-12(16)13(11)17/h4,6-7,14,16-17H,3,5,8-10H2,1-2H3. The van der Waals surface area contributed by atoms with Crippen molar-refractivity contribution in [1.82, 2.24) is 9.62 Å². The van der Waals surface area contributed by atoms with E-state index in [4.69, 9.17) is 0 Å². The molecule has 0 radical (unpaired) electrons. The third-order valence-electron chi connectivity index (χ3n) is 3.00. The average Bonchev–Trinajstić information content (AvgIpc) is 2.37. The van der Waals surface area contributed by atoms with E-state index in [9.17, 15) is 18.6 Å². The molecule has 0 saturated heterocycles. The molecule has 114 valence electrons. The molecule has 1 aromatic carbocycles. The van der Waals surface area contributed by atoms with Gasteiger partial charge in [0, 0.05) is 25.2 Å². The normalized spacial score (nSPS) is 11.9. The maximum absolute atomic E-state index is 11.4. The van der Waals surface area contributed by atoms with Crippen LogP contribution in [-0.4, -0.2) is 48.8 Å². The molecule has 0 bridgehead atoms. The summed E-state index contributed by atoms with van der Waals surface area (Å²) >= 11 is 0. The van der Waals surface area contributed by atoms with E-state index in [-0.39, 0.29) is 11.5 Å². The Morgan fingerprint density at radius 2 is 2.00 bits per heavy atom. The summed E-state index contributed by atoms with van der Waals surface area (Å²) in [5.41, 5.74) is 0.612. The first-order chi connectivity index (χ1) is 9.36. The Labute approximate surface area is 120 Å². The molecule has 0 aliphatic carbocycles. The van der Waals surface area contributed by atoms with Crippen LogP contribution < -0.4 is 5.32 Å². The molecule has 0 aromatic heterocycles. The van der Waals surface area contributed by atoms with Crippen molar-refractivity contribution in [3.05, 3.63) is 23.8 Å². The number of phenols is 2. The number of nitrogens with one attached hydrogen (secondary N) is 1. The van der Waals surface area contributed by atoms with Crippen LogP contribution in [0.4, 0.5) is 0 Å². The van der Waals surface area contributed by atoms with Gasteiger partial charge in [-0.25, -0.2) is 12.7 Å². The minimum Gasteiger partial charge on any atom is -0.504 e. The molecular formula is C13H22N2O4S. The number of aromatic hydroxyl groups is 2. The number of nitrogens with zero attached hydrogens (tertiary/aromatic N) is 1. The Morgan fingerprint density at radius 1 is 1.30 bits per heavy atom. The summed E-state index contributed by atoms with van der Waals surface area (Å²) in [6.07, 6.45) is 1.88. The van der Waals surface area contributed by atoms with Crippen LogP contribution >= 0.6 is 0 Å². The number of rotatable bonds is 8. The largest absolute Gasteiger partial charge is 0.504 e. The molecule has 0 fully saturated rings. The molecule has 0 unspecified atom stereocenters. The van der Waals surface area contributed by atoms with Crippen LogP contribution in [0.15, 0.2) is 18.2 Å². The smallest absolute Gasteiger partial charge is 0.211 e. The SMILES string of the molecule is CCN(CCCNCc1cccc(O)c1O)S(C)(=O)=O. The van der Waals surface area contributed by atoms with Crippen molar-refractivity contribution in [1.29, 1.82) is 0 Å². The van der Waals surface area contributed by atoms with Gasteiger partial charge in [0.05, 0.1) is 6.26 Å². The second kappa shape index (κ2) is 7.47. The zero-order chi connectivity index (χ0) is 15.2. The first kappa shape index (κ1) is 16.7. The van der Waals surface area contributed by atoms with E-state index in [1.54, 1.807) is 19.1 Å². The van der Waals surface area contributed by atoms with Crippen molar-refractivity contribution in [3.8, 4) is 11.5 Å². The molecule has 7 heteroatoms. The van der Waals surface area contributed by atoms with Crippen LogP contribution in [-0.2, 0) is 16.6 Å². The topological polar surface area (TPSA) is 89.9 Å². The average molecular weight is 302 g/mol. The Balaban J connectivity index is 2.34. The van der Waals surface area contributed by atoms with Crippen molar-refractivity contribution in [2.24, 2.45) is 0 Å². The third-order valence-corrected chi connectivity index (χ3v) is 4.38. The fourth-order valence-electron chi connectivity index (χ4n) is 1.88. The number of para-hydroxylation sites is 1. The number of benzene rings is 1. The summed E-state index contributed by atoms with van der Waals surface area (Å²) in [6.45, 7) is 3.78. The maximum atomic E-state index is 11.4. The first-order valence-corrected chi connectivity index (χ1v) is 8.36. The van der Waals surface area contributed by atoms with Gasteiger partial charge in [-0.3, -0.25) is 0 Å². The van der Waals surface area contributed by atoms with E-state index in [1.165, 1.54) is 16.6 Å². The summed E-state index contributed by atoms with van der Waals surface area (Å²) < 4.78 is 24.2. The zero-order valence-corrected chi connectivity index (χ0v) is 12.7. The molecular weight excluding hydrogens is 280 g/mol. The second-order valence-electron chi connectivity index (χ2n) is 4.57. The second-order valence-corrected chi connectivity index (χ2v) is 6.55. The van der Waals surface area contributed by atoms with Crippen LogP contribution in [0.1, 0.15) is 18.9 Å². The van der Waals surface area contributed by atoms with Gasteiger partial charge in [0.25, 0.3) is 0 Å². The summed E-state index contributed by atoms with van der Waals surface area (Å²) in [7, 11) is -3.13. The van der Waals surface area contributed by atoms with Gasteiger partial charge in [0.15, 0.2) is 11.5 Å². The van der Waals surface area contributed by atoms with Crippen LogP contribution in [0.25, 0.3) is 0 Å².